The maximum Gasteiger partial charge on any atom is 0.257 e. The third-order valence-corrected chi connectivity index (χ3v) is 8.06. The zero-order valence-corrected chi connectivity index (χ0v) is 17.9. The molecule has 2 aromatic rings. The van der Waals surface area contributed by atoms with Crippen LogP contribution < -0.4 is 0 Å². The quantitative estimate of drug-likeness (QED) is 0.793. The van der Waals surface area contributed by atoms with Crippen LogP contribution in [-0.4, -0.2) is 54.8 Å². The molecule has 2 heterocycles. The van der Waals surface area contributed by atoms with Gasteiger partial charge in [-0.25, -0.2) is 8.42 Å². The Morgan fingerprint density at radius 3 is 2.30 bits per heavy atom. The highest BCUT2D eigenvalue weighted by Gasteiger charge is 2.30. The van der Waals surface area contributed by atoms with E-state index in [2.05, 4.69) is 12.1 Å². The van der Waals surface area contributed by atoms with Gasteiger partial charge in [-0.1, -0.05) is 30.3 Å². The molecule has 2 saturated heterocycles. The van der Waals surface area contributed by atoms with Crippen LogP contribution in [0.4, 0.5) is 0 Å². The zero-order valence-electron chi connectivity index (χ0n) is 17.0. The molecule has 1 N–H and O–H groups in total. The number of hydrogen-bond donors (Lipinski definition) is 1. The van der Waals surface area contributed by atoms with Crippen molar-refractivity contribution in [1.29, 1.82) is 0 Å². The minimum atomic E-state index is -3.63. The highest BCUT2D eigenvalue weighted by Crippen LogP contribution is 2.29. The molecule has 2 aliphatic rings. The number of phenols is 1. The number of carbonyl (C=O) groups is 1. The molecule has 0 radical (unpaired) electrons. The number of hydrogen-bond acceptors (Lipinski definition) is 4. The van der Waals surface area contributed by atoms with E-state index in [1.807, 2.05) is 18.2 Å². The minimum Gasteiger partial charge on any atom is -0.507 e. The number of carbonyl (C=O) groups excluding carboxylic acids is 1. The zero-order chi connectivity index (χ0) is 21.1. The van der Waals surface area contributed by atoms with E-state index in [-0.39, 0.29) is 22.1 Å². The van der Waals surface area contributed by atoms with E-state index < -0.39 is 10.0 Å². The smallest absolute Gasteiger partial charge is 0.257 e. The maximum atomic E-state index is 13.0. The average Bonchev–Trinajstić information content (AvgIpc) is 3.31. The molecule has 2 aliphatic heterocycles. The van der Waals surface area contributed by atoms with Gasteiger partial charge in [0.05, 0.1) is 10.5 Å². The lowest BCUT2D eigenvalue weighted by molar-refractivity contribution is 0.0687. The van der Waals surface area contributed by atoms with Gasteiger partial charge in [0.25, 0.3) is 5.91 Å². The second-order valence-electron chi connectivity index (χ2n) is 8.22. The van der Waals surface area contributed by atoms with Gasteiger partial charge in [-0.3, -0.25) is 4.79 Å². The number of amides is 1. The molecule has 30 heavy (non-hydrogen) atoms. The Labute approximate surface area is 178 Å². The van der Waals surface area contributed by atoms with Gasteiger partial charge < -0.3 is 10.0 Å². The third kappa shape index (κ3) is 4.37. The molecule has 7 heteroatoms. The molecule has 0 unspecified atom stereocenters. The van der Waals surface area contributed by atoms with Crippen molar-refractivity contribution in [1.82, 2.24) is 9.21 Å². The lowest BCUT2D eigenvalue weighted by Crippen LogP contribution is -2.39. The number of rotatable bonds is 5. The summed E-state index contributed by atoms with van der Waals surface area (Å²) >= 11 is 0. The molecule has 2 aromatic carbocycles. The van der Waals surface area contributed by atoms with E-state index in [1.54, 1.807) is 4.90 Å². The first-order chi connectivity index (χ1) is 14.4. The van der Waals surface area contributed by atoms with Crippen LogP contribution in [0.2, 0.25) is 0 Å². The number of sulfonamides is 1. The van der Waals surface area contributed by atoms with E-state index in [0.717, 1.165) is 32.1 Å². The molecule has 2 fully saturated rings. The van der Waals surface area contributed by atoms with Crippen LogP contribution in [0.25, 0.3) is 0 Å². The van der Waals surface area contributed by atoms with Gasteiger partial charge in [-0.05, 0) is 61.8 Å². The van der Waals surface area contributed by atoms with Crippen LogP contribution in [0.1, 0.15) is 41.6 Å². The molecule has 0 aromatic heterocycles. The van der Waals surface area contributed by atoms with Crippen molar-refractivity contribution < 1.29 is 18.3 Å². The predicted molar refractivity (Wildman–Crippen MR) is 115 cm³/mol. The largest absolute Gasteiger partial charge is 0.507 e. The second-order valence-corrected chi connectivity index (χ2v) is 10.2. The van der Waals surface area contributed by atoms with Gasteiger partial charge in [0, 0.05) is 26.2 Å². The number of likely N-dealkylation sites (tertiary alicyclic amines) is 1. The molecular formula is C23H28N2O4S. The summed E-state index contributed by atoms with van der Waals surface area (Å²) in [7, 11) is -3.63. The summed E-state index contributed by atoms with van der Waals surface area (Å²) in [6, 6.07) is 14.4. The third-order valence-electron chi connectivity index (χ3n) is 6.17. The van der Waals surface area contributed by atoms with E-state index in [1.165, 1.54) is 28.1 Å². The Morgan fingerprint density at radius 1 is 0.967 bits per heavy atom. The van der Waals surface area contributed by atoms with Crippen molar-refractivity contribution in [3.05, 3.63) is 59.7 Å². The topological polar surface area (TPSA) is 77.9 Å². The summed E-state index contributed by atoms with van der Waals surface area (Å²) in [6.45, 7) is 2.22. The Morgan fingerprint density at radius 2 is 1.63 bits per heavy atom. The SMILES string of the molecule is O=C(c1cc(S(=O)(=O)N2CCCC2)ccc1O)N1CCC(Cc2ccccc2)CC1. The predicted octanol–water partition coefficient (Wildman–Crippen LogP) is 3.27. The van der Waals surface area contributed by atoms with E-state index in [0.29, 0.717) is 32.1 Å². The van der Waals surface area contributed by atoms with Crippen molar-refractivity contribution in [2.45, 2.75) is 37.0 Å². The number of aromatic hydroxyl groups is 1. The molecule has 4 rings (SSSR count). The van der Waals surface area contributed by atoms with Crippen molar-refractivity contribution in [2.75, 3.05) is 26.2 Å². The monoisotopic (exact) mass is 428 g/mol. The summed E-state index contributed by atoms with van der Waals surface area (Å²) in [5.74, 6) is 0.0443. The molecule has 0 atom stereocenters. The summed E-state index contributed by atoms with van der Waals surface area (Å²) in [4.78, 5) is 14.8. The summed E-state index contributed by atoms with van der Waals surface area (Å²) in [6.07, 6.45) is 4.49. The fourth-order valence-electron chi connectivity index (χ4n) is 4.38. The van der Waals surface area contributed by atoms with Crippen LogP contribution >= 0.6 is 0 Å². The normalized spacial score (nSPS) is 18.6. The number of piperidine rings is 1. The molecule has 0 saturated carbocycles. The molecule has 0 aliphatic carbocycles. The van der Waals surface area contributed by atoms with Gasteiger partial charge in [0.2, 0.25) is 10.0 Å². The van der Waals surface area contributed by atoms with Crippen molar-refractivity contribution in [3.63, 3.8) is 0 Å². The van der Waals surface area contributed by atoms with Gasteiger partial charge in [-0.2, -0.15) is 4.31 Å². The first-order valence-corrected chi connectivity index (χ1v) is 12.1. The van der Waals surface area contributed by atoms with Crippen LogP contribution in [0, 0.1) is 5.92 Å². The second kappa shape index (κ2) is 8.78. The van der Waals surface area contributed by atoms with Crippen LogP contribution in [0.5, 0.6) is 5.75 Å². The van der Waals surface area contributed by atoms with Crippen LogP contribution in [0.15, 0.2) is 53.4 Å². The molecule has 6 nitrogen and oxygen atoms in total. The summed E-state index contributed by atoms with van der Waals surface area (Å²) < 4.78 is 27.1. The lowest BCUT2D eigenvalue weighted by Gasteiger charge is -2.32. The van der Waals surface area contributed by atoms with Crippen molar-refractivity contribution >= 4 is 15.9 Å². The van der Waals surface area contributed by atoms with Crippen LogP contribution in [0.3, 0.4) is 0 Å². The molecule has 0 spiro atoms. The van der Waals surface area contributed by atoms with Gasteiger partial charge in [0.1, 0.15) is 5.75 Å². The van der Waals surface area contributed by atoms with E-state index in [9.17, 15) is 18.3 Å². The Hall–Kier alpha value is -2.38. The lowest BCUT2D eigenvalue weighted by atomic mass is 9.90. The first kappa shape index (κ1) is 20.9. The minimum absolute atomic E-state index is 0.0665. The highest BCUT2D eigenvalue weighted by molar-refractivity contribution is 7.89. The standard InChI is InChI=1S/C23H28N2O4S/c26-22-9-8-20(30(28,29)25-12-4-5-13-25)17-21(22)23(27)24-14-10-19(11-15-24)16-18-6-2-1-3-7-18/h1-3,6-9,17,19,26H,4-5,10-16H2. The first-order valence-electron chi connectivity index (χ1n) is 10.6. The molecule has 0 bridgehead atoms. The maximum absolute atomic E-state index is 13.0. The van der Waals surface area contributed by atoms with Crippen molar-refractivity contribution in [2.24, 2.45) is 5.92 Å². The molecule has 1 amide bonds. The Bertz CT molecular complexity index is 993. The van der Waals surface area contributed by atoms with Gasteiger partial charge in [0.15, 0.2) is 0 Å². The molecular weight excluding hydrogens is 400 g/mol. The van der Waals surface area contributed by atoms with E-state index in [4.69, 9.17) is 0 Å². The highest BCUT2D eigenvalue weighted by atomic mass is 32.2. The van der Waals surface area contributed by atoms with Crippen molar-refractivity contribution in [3.8, 4) is 5.75 Å². The number of phenolic OH excluding ortho intramolecular Hbond substituents is 1. The fraction of sp³-hybridized carbons (Fsp3) is 0.435. The van der Waals surface area contributed by atoms with Crippen LogP contribution in [-0.2, 0) is 16.4 Å². The Kier molecular flexibility index (Phi) is 6.11. The summed E-state index contributed by atoms with van der Waals surface area (Å²) in [5.41, 5.74) is 1.37. The summed E-state index contributed by atoms with van der Waals surface area (Å²) in [5, 5.41) is 10.3. The average molecular weight is 429 g/mol. The van der Waals surface area contributed by atoms with E-state index >= 15 is 0 Å². The molecule has 160 valence electrons. The number of nitrogens with zero attached hydrogens (tertiary/aromatic N) is 2. The Balaban J connectivity index is 1.45. The van der Waals surface area contributed by atoms with Gasteiger partial charge in [-0.15, -0.1) is 0 Å². The number of benzene rings is 2. The fourth-order valence-corrected chi connectivity index (χ4v) is 5.93. The van der Waals surface area contributed by atoms with Gasteiger partial charge >= 0.3 is 0 Å².